The van der Waals surface area contributed by atoms with Gasteiger partial charge in [-0.15, -0.1) is 0 Å². The highest BCUT2D eigenvalue weighted by Crippen LogP contribution is 2.09. The molecule has 5 heteroatoms. The average molecular weight is 301 g/mol. The lowest BCUT2D eigenvalue weighted by atomic mass is 10.3. The first kappa shape index (κ1) is 16.3. The van der Waals surface area contributed by atoms with Crippen LogP contribution in [0.5, 0.6) is 0 Å². The molecule has 120 valence electrons. The Bertz CT molecular complexity index is 629. The average Bonchev–Trinajstić information content (AvgIpc) is 2.93. The maximum atomic E-state index is 4.72. The van der Waals surface area contributed by atoms with Crippen molar-refractivity contribution in [1.82, 2.24) is 19.6 Å². The van der Waals surface area contributed by atoms with Crippen LogP contribution in [0, 0.1) is 6.92 Å². The number of pyridine rings is 1. The molecule has 2 rings (SSSR count). The van der Waals surface area contributed by atoms with Crippen LogP contribution in [-0.4, -0.2) is 40.4 Å². The maximum Gasteiger partial charge on any atom is 0.194 e. The van der Waals surface area contributed by atoms with E-state index < -0.39 is 0 Å². The summed E-state index contributed by atoms with van der Waals surface area (Å²) in [5.74, 6) is 0.949. The lowest BCUT2D eigenvalue weighted by Crippen LogP contribution is -2.39. The molecule has 0 aliphatic rings. The smallest absolute Gasteiger partial charge is 0.194 e. The van der Waals surface area contributed by atoms with E-state index in [0.717, 1.165) is 30.4 Å². The monoisotopic (exact) mass is 301 g/mol. The van der Waals surface area contributed by atoms with E-state index in [2.05, 4.69) is 59.7 Å². The third kappa shape index (κ3) is 4.00. The molecule has 5 nitrogen and oxygen atoms in total. The van der Waals surface area contributed by atoms with Gasteiger partial charge in [-0.2, -0.15) is 0 Å². The summed E-state index contributed by atoms with van der Waals surface area (Å²) < 4.78 is 2.11. The van der Waals surface area contributed by atoms with Gasteiger partial charge in [0.25, 0.3) is 0 Å². The summed E-state index contributed by atoms with van der Waals surface area (Å²) >= 11 is 0. The number of nitrogens with zero attached hydrogens (tertiary/aromatic N) is 4. The minimum absolute atomic E-state index is 0.597. The van der Waals surface area contributed by atoms with Crippen molar-refractivity contribution >= 4 is 11.6 Å². The second kappa shape index (κ2) is 7.82. The molecule has 0 bridgehead atoms. The van der Waals surface area contributed by atoms with E-state index in [1.165, 1.54) is 18.5 Å². The number of aromatic nitrogens is 2. The van der Waals surface area contributed by atoms with Crippen molar-refractivity contribution < 1.29 is 0 Å². The minimum atomic E-state index is 0.597. The number of guanidine groups is 1. The Labute approximate surface area is 133 Å². The van der Waals surface area contributed by atoms with E-state index >= 15 is 0 Å². The molecule has 0 spiro atoms. The zero-order chi connectivity index (χ0) is 15.9. The Morgan fingerprint density at radius 3 is 2.86 bits per heavy atom. The molecule has 0 aromatic carbocycles. The molecule has 0 aliphatic heterocycles. The van der Waals surface area contributed by atoms with Crippen molar-refractivity contribution in [2.24, 2.45) is 4.99 Å². The lowest BCUT2D eigenvalue weighted by Gasteiger charge is -2.21. The Morgan fingerprint density at radius 1 is 1.36 bits per heavy atom. The van der Waals surface area contributed by atoms with Crippen LogP contribution in [0.4, 0.5) is 0 Å². The van der Waals surface area contributed by atoms with Crippen LogP contribution in [0.3, 0.4) is 0 Å². The predicted octanol–water partition coefficient (Wildman–Crippen LogP) is 2.84. The topological polar surface area (TPSA) is 44.9 Å². The summed E-state index contributed by atoms with van der Waals surface area (Å²) in [4.78, 5) is 11.5. The van der Waals surface area contributed by atoms with Gasteiger partial charge in [-0.05, 0) is 32.4 Å². The van der Waals surface area contributed by atoms with Crippen LogP contribution >= 0.6 is 0 Å². The molecule has 0 fully saturated rings. The van der Waals surface area contributed by atoms with Gasteiger partial charge in [-0.1, -0.05) is 19.4 Å². The summed E-state index contributed by atoms with van der Waals surface area (Å²) in [6.45, 7) is 8.88. The molecule has 0 radical (unpaired) electrons. The molecule has 0 saturated carbocycles. The zero-order valence-electron chi connectivity index (χ0n) is 14.1. The molecule has 0 atom stereocenters. The van der Waals surface area contributed by atoms with Crippen LogP contribution in [0.15, 0.2) is 29.4 Å². The van der Waals surface area contributed by atoms with Crippen molar-refractivity contribution in [3.05, 3.63) is 35.8 Å². The van der Waals surface area contributed by atoms with Crippen molar-refractivity contribution in [3.63, 3.8) is 0 Å². The summed E-state index contributed by atoms with van der Waals surface area (Å²) in [6.07, 6.45) is 4.44. The van der Waals surface area contributed by atoms with Gasteiger partial charge >= 0.3 is 0 Å². The number of aliphatic imine (C=N–C) groups is 1. The summed E-state index contributed by atoms with van der Waals surface area (Å²) in [5, 5.41) is 3.35. The van der Waals surface area contributed by atoms with Gasteiger partial charge < -0.3 is 14.6 Å². The molecule has 2 aromatic rings. The molecule has 2 aromatic heterocycles. The number of nitrogens with one attached hydrogen (secondary N) is 1. The highest BCUT2D eigenvalue weighted by molar-refractivity contribution is 5.79. The Balaban J connectivity index is 2.12. The third-order valence-electron chi connectivity index (χ3n) is 3.68. The van der Waals surface area contributed by atoms with Gasteiger partial charge in [0.15, 0.2) is 5.96 Å². The number of hydrogen-bond acceptors (Lipinski definition) is 2. The van der Waals surface area contributed by atoms with Gasteiger partial charge in [0.2, 0.25) is 0 Å². The molecule has 2 heterocycles. The standard InChI is InChI=1S/C17H27N5/c1-5-7-11-21(4)17(18-6-2)19-12-15-13-22-14(3)9-8-10-16(22)20-15/h8-10,13H,5-7,11-12H2,1-4H3,(H,18,19). The Kier molecular flexibility index (Phi) is 5.81. The molecular weight excluding hydrogens is 274 g/mol. The van der Waals surface area contributed by atoms with Crippen molar-refractivity contribution in [1.29, 1.82) is 0 Å². The summed E-state index contributed by atoms with van der Waals surface area (Å²) in [6, 6.07) is 6.15. The van der Waals surface area contributed by atoms with E-state index in [4.69, 9.17) is 4.99 Å². The summed E-state index contributed by atoms with van der Waals surface area (Å²) in [7, 11) is 2.09. The van der Waals surface area contributed by atoms with Crippen LogP contribution in [0.2, 0.25) is 0 Å². The first-order chi connectivity index (χ1) is 10.7. The van der Waals surface area contributed by atoms with E-state index in [1.807, 2.05) is 12.1 Å². The quantitative estimate of drug-likeness (QED) is 0.659. The van der Waals surface area contributed by atoms with Crippen molar-refractivity contribution in [3.8, 4) is 0 Å². The van der Waals surface area contributed by atoms with Crippen molar-refractivity contribution in [2.75, 3.05) is 20.1 Å². The number of rotatable bonds is 6. The van der Waals surface area contributed by atoms with Gasteiger partial charge in [-0.25, -0.2) is 9.98 Å². The van der Waals surface area contributed by atoms with E-state index in [-0.39, 0.29) is 0 Å². The van der Waals surface area contributed by atoms with Crippen LogP contribution in [-0.2, 0) is 6.54 Å². The SMILES string of the molecule is CCCCN(C)C(=NCc1cn2c(C)cccc2n1)NCC. The largest absolute Gasteiger partial charge is 0.357 e. The lowest BCUT2D eigenvalue weighted by molar-refractivity contribution is 0.464. The maximum absolute atomic E-state index is 4.72. The van der Waals surface area contributed by atoms with Gasteiger partial charge in [0.1, 0.15) is 5.65 Å². The second-order valence-corrected chi connectivity index (χ2v) is 5.57. The second-order valence-electron chi connectivity index (χ2n) is 5.57. The van der Waals surface area contributed by atoms with Crippen molar-refractivity contribution in [2.45, 2.75) is 40.2 Å². The number of unbranched alkanes of at least 4 members (excludes halogenated alkanes) is 1. The van der Waals surface area contributed by atoms with Crippen LogP contribution < -0.4 is 5.32 Å². The van der Waals surface area contributed by atoms with Gasteiger partial charge in [0.05, 0.1) is 12.2 Å². The zero-order valence-corrected chi connectivity index (χ0v) is 14.1. The Morgan fingerprint density at radius 2 is 2.18 bits per heavy atom. The fourth-order valence-corrected chi connectivity index (χ4v) is 2.40. The highest BCUT2D eigenvalue weighted by atomic mass is 15.3. The van der Waals surface area contributed by atoms with Crippen LogP contribution in [0.1, 0.15) is 38.1 Å². The third-order valence-corrected chi connectivity index (χ3v) is 3.68. The number of fused-ring (bicyclic) bond motifs is 1. The number of imidazole rings is 1. The molecule has 1 N–H and O–H groups in total. The molecule has 22 heavy (non-hydrogen) atoms. The van der Waals surface area contributed by atoms with Crippen LogP contribution in [0.25, 0.3) is 5.65 Å². The van der Waals surface area contributed by atoms with E-state index in [0.29, 0.717) is 6.54 Å². The fourth-order valence-electron chi connectivity index (χ4n) is 2.40. The molecule has 0 amide bonds. The Hall–Kier alpha value is -2.04. The first-order valence-corrected chi connectivity index (χ1v) is 8.08. The highest BCUT2D eigenvalue weighted by Gasteiger charge is 2.06. The first-order valence-electron chi connectivity index (χ1n) is 8.08. The fraction of sp³-hybridized carbons (Fsp3) is 0.529. The normalized spacial score (nSPS) is 11.9. The molecule has 0 unspecified atom stereocenters. The predicted molar refractivity (Wildman–Crippen MR) is 92.3 cm³/mol. The molecule has 0 aliphatic carbocycles. The summed E-state index contributed by atoms with van der Waals surface area (Å²) in [5.41, 5.74) is 3.16. The van der Waals surface area contributed by atoms with Gasteiger partial charge in [-0.3, -0.25) is 0 Å². The molecule has 0 saturated heterocycles. The van der Waals surface area contributed by atoms with E-state index in [1.54, 1.807) is 0 Å². The van der Waals surface area contributed by atoms with Gasteiger partial charge in [0, 0.05) is 32.0 Å². The number of hydrogen-bond donors (Lipinski definition) is 1. The minimum Gasteiger partial charge on any atom is -0.357 e. The number of aryl methyl sites for hydroxylation is 1. The molecular formula is C17H27N5. The van der Waals surface area contributed by atoms with E-state index in [9.17, 15) is 0 Å².